The first kappa shape index (κ1) is 14.9. The second-order valence-corrected chi connectivity index (χ2v) is 4.68. The summed E-state index contributed by atoms with van der Waals surface area (Å²) in [5.74, 6) is 0.204. The Labute approximate surface area is 124 Å². The van der Waals surface area contributed by atoms with Crippen LogP contribution in [0.2, 0.25) is 0 Å². The number of rotatable bonds is 5. The van der Waals surface area contributed by atoms with Crippen molar-refractivity contribution in [3.05, 3.63) is 77.9 Å². The second-order valence-electron chi connectivity index (χ2n) is 4.68. The quantitative estimate of drug-likeness (QED) is 0.617. The normalized spacial score (nSPS) is 11.5. The van der Waals surface area contributed by atoms with Crippen LogP contribution in [0.5, 0.6) is 5.75 Å². The molecule has 0 fully saturated rings. The van der Waals surface area contributed by atoms with E-state index in [4.69, 9.17) is 9.47 Å². The molecular formula is C18H18O3. The third-order valence-corrected chi connectivity index (χ3v) is 3.23. The summed E-state index contributed by atoms with van der Waals surface area (Å²) in [7, 11) is 1.34. The van der Waals surface area contributed by atoms with E-state index < -0.39 is 12.1 Å². The number of benzene rings is 2. The molecular weight excluding hydrogens is 264 g/mol. The molecule has 0 aromatic heterocycles. The van der Waals surface area contributed by atoms with Gasteiger partial charge in [-0.25, -0.2) is 4.79 Å². The Morgan fingerprint density at radius 2 is 1.67 bits per heavy atom. The number of methoxy groups -OCH3 is 1. The molecule has 0 amide bonds. The molecule has 3 heteroatoms. The fraction of sp³-hybridized carbons (Fsp3) is 0.167. The van der Waals surface area contributed by atoms with E-state index in [9.17, 15) is 4.79 Å². The molecule has 0 heterocycles. The van der Waals surface area contributed by atoms with E-state index in [-0.39, 0.29) is 5.57 Å². The molecule has 0 spiro atoms. The van der Waals surface area contributed by atoms with E-state index in [1.165, 1.54) is 7.11 Å². The minimum absolute atomic E-state index is 0.274. The van der Waals surface area contributed by atoms with Crippen LogP contribution in [0.3, 0.4) is 0 Å². The summed E-state index contributed by atoms with van der Waals surface area (Å²) in [6, 6.07) is 17.1. The van der Waals surface area contributed by atoms with Gasteiger partial charge in [-0.15, -0.1) is 0 Å². The molecule has 0 aliphatic rings. The van der Waals surface area contributed by atoms with Crippen LogP contribution >= 0.6 is 0 Å². The maximum atomic E-state index is 11.8. The Morgan fingerprint density at radius 3 is 2.29 bits per heavy atom. The molecule has 1 unspecified atom stereocenters. The van der Waals surface area contributed by atoms with E-state index in [0.29, 0.717) is 5.75 Å². The van der Waals surface area contributed by atoms with Gasteiger partial charge in [-0.05, 0) is 24.6 Å². The van der Waals surface area contributed by atoms with Gasteiger partial charge in [-0.1, -0.05) is 49.0 Å². The van der Waals surface area contributed by atoms with Crippen molar-refractivity contribution >= 4 is 5.97 Å². The fourth-order valence-electron chi connectivity index (χ4n) is 2.08. The highest BCUT2D eigenvalue weighted by molar-refractivity contribution is 5.89. The molecule has 108 valence electrons. The number of ether oxygens (including phenoxy) is 2. The number of hydrogen-bond acceptors (Lipinski definition) is 3. The van der Waals surface area contributed by atoms with Crippen molar-refractivity contribution in [3.63, 3.8) is 0 Å². The standard InChI is InChI=1S/C18H18O3/c1-13-9-7-8-12-16(13)17(14(2)18(19)20-3)21-15-10-5-4-6-11-15/h4-12,17H,2H2,1,3H3. The highest BCUT2D eigenvalue weighted by Crippen LogP contribution is 2.30. The van der Waals surface area contributed by atoms with Gasteiger partial charge in [0.2, 0.25) is 0 Å². The highest BCUT2D eigenvalue weighted by Gasteiger charge is 2.24. The number of esters is 1. The number of carbonyl (C=O) groups is 1. The zero-order chi connectivity index (χ0) is 15.2. The molecule has 0 saturated heterocycles. The fourth-order valence-corrected chi connectivity index (χ4v) is 2.08. The van der Waals surface area contributed by atoms with Gasteiger partial charge in [0.25, 0.3) is 0 Å². The first-order valence-corrected chi connectivity index (χ1v) is 6.68. The van der Waals surface area contributed by atoms with E-state index in [2.05, 4.69) is 6.58 Å². The van der Waals surface area contributed by atoms with Gasteiger partial charge >= 0.3 is 5.97 Å². The molecule has 0 radical (unpaired) electrons. The Morgan fingerprint density at radius 1 is 1.05 bits per heavy atom. The predicted molar refractivity (Wildman–Crippen MR) is 82.1 cm³/mol. The summed E-state index contributed by atoms with van der Waals surface area (Å²) < 4.78 is 10.7. The third-order valence-electron chi connectivity index (χ3n) is 3.23. The third kappa shape index (κ3) is 3.51. The average Bonchev–Trinajstić information content (AvgIpc) is 2.53. The van der Waals surface area contributed by atoms with Crippen molar-refractivity contribution in [2.75, 3.05) is 7.11 Å². The first-order chi connectivity index (χ1) is 10.1. The Bertz CT molecular complexity index is 632. The van der Waals surface area contributed by atoms with Crippen LogP contribution in [0.25, 0.3) is 0 Å². The van der Waals surface area contributed by atoms with E-state index >= 15 is 0 Å². The van der Waals surface area contributed by atoms with Gasteiger partial charge in [-0.3, -0.25) is 0 Å². The topological polar surface area (TPSA) is 35.5 Å². The molecule has 0 N–H and O–H groups in total. The van der Waals surface area contributed by atoms with Gasteiger partial charge in [-0.2, -0.15) is 0 Å². The molecule has 1 atom stereocenters. The van der Waals surface area contributed by atoms with Crippen LogP contribution in [0.1, 0.15) is 17.2 Å². The first-order valence-electron chi connectivity index (χ1n) is 6.68. The average molecular weight is 282 g/mol. The molecule has 0 saturated carbocycles. The summed E-state index contributed by atoms with van der Waals surface area (Å²) >= 11 is 0. The van der Waals surface area contributed by atoms with Crippen molar-refractivity contribution in [2.24, 2.45) is 0 Å². The van der Waals surface area contributed by atoms with Gasteiger partial charge in [0, 0.05) is 5.56 Å². The van der Waals surface area contributed by atoms with Gasteiger partial charge < -0.3 is 9.47 Å². The molecule has 3 nitrogen and oxygen atoms in total. The molecule has 21 heavy (non-hydrogen) atoms. The Balaban J connectivity index is 2.38. The zero-order valence-corrected chi connectivity index (χ0v) is 12.2. The zero-order valence-electron chi connectivity index (χ0n) is 12.2. The lowest BCUT2D eigenvalue weighted by atomic mass is 9.98. The molecule has 0 aliphatic carbocycles. The predicted octanol–water partition coefficient (Wildman–Crippen LogP) is 3.84. The SMILES string of the molecule is C=C(C(=O)OC)C(Oc1ccccc1)c1ccccc1C. The minimum Gasteiger partial charge on any atom is -0.481 e. The largest absolute Gasteiger partial charge is 0.481 e. The van der Waals surface area contributed by atoms with E-state index in [1.807, 2.05) is 61.5 Å². The minimum atomic E-state index is -0.568. The van der Waals surface area contributed by atoms with Gasteiger partial charge in [0.15, 0.2) is 6.10 Å². The maximum Gasteiger partial charge on any atom is 0.337 e. The molecule has 2 aromatic rings. The number of aryl methyl sites for hydroxylation is 1. The van der Waals surface area contributed by atoms with E-state index in [0.717, 1.165) is 11.1 Å². The lowest BCUT2D eigenvalue weighted by molar-refractivity contribution is -0.137. The van der Waals surface area contributed by atoms with Crippen molar-refractivity contribution < 1.29 is 14.3 Å². The summed E-state index contributed by atoms with van der Waals surface area (Å²) in [6.07, 6.45) is -0.568. The van der Waals surface area contributed by atoms with Crippen LogP contribution in [0.4, 0.5) is 0 Å². The molecule has 0 aliphatic heterocycles. The Hall–Kier alpha value is -2.55. The van der Waals surface area contributed by atoms with Crippen LogP contribution in [0, 0.1) is 6.92 Å². The summed E-state index contributed by atoms with van der Waals surface area (Å²) in [6.45, 7) is 5.81. The van der Waals surface area contributed by atoms with Crippen LogP contribution < -0.4 is 4.74 Å². The van der Waals surface area contributed by atoms with Crippen molar-refractivity contribution in [1.82, 2.24) is 0 Å². The Kier molecular flexibility index (Phi) is 4.77. The number of para-hydroxylation sites is 1. The maximum absolute atomic E-state index is 11.8. The number of hydrogen-bond donors (Lipinski definition) is 0. The smallest absolute Gasteiger partial charge is 0.337 e. The second kappa shape index (κ2) is 6.75. The number of carbonyl (C=O) groups excluding carboxylic acids is 1. The highest BCUT2D eigenvalue weighted by atomic mass is 16.5. The van der Waals surface area contributed by atoms with Crippen LogP contribution in [0.15, 0.2) is 66.7 Å². The summed E-state index contributed by atoms with van der Waals surface area (Å²) in [5, 5.41) is 0. The van der Waals surface area contributed by atoms with Crippen molar-refractivity contribution in [2.45, 2.75) is 13.0 Å². The van der Waals surface area contributed by atoms with Crippen molar-refractivity contribution in [1.29, 1.82) is 0 Å². The van der Waals surface area contributed by atoms with Gasteiger partial charge in [0.1, 0.15) is 5.75 Å². The summed E-state index contributed by atoms with van der Waals surface area (Å²) in [5.41, 5.74) is 2.20. The summed E-state index contributed by atoms with van der Waals surface area (Å²) in [4.78, 5) is 11.8. The van der Waals surface area contributed by atoms with Gasteiger partial charge in [0.05, 0.1) is 12.7 Å². The molecule has 0 bridgehead atoms. The lowest BCUT2D eigenvalue weighted by Crippen LogP contribution is -2.18. The van der Waals surface area contributed by atoms with Crippen LogP contribution in [-0.4, -0.2) is 13.1 Å². The van der Waals surface area contributed by atoms with E-state index in [1.54, 1.807) is 0 Å². The monoisotopic (exact) mass is 282 g/mol. The molecule has 2 rings (SSSR count). The lowest BCUT2D eigenvalue weighted by Gasteiger charge is -2.22. The van der Waals surface area contributed by atoms with Crippen LogP contribution in [-0.2, 0) is 9.53 Å². The molecule has 2 aromatic carbocycles. The van der Waals surface area contributed by atoms with Crippen molar-refractivity contribution in [3.8, 4) is 5.75 Å².